The van der Waals surface area contributed by atoms with Gasteiger partial charge in [0.2, 0.25) is 0 Å². The number of rotatable bonds is 6. The average molecular weight is 481 g/mol. The van der Waals surface area contributed by atoms with E-state index in [1.54, 1.807) is 25.5 Å². The van der Waals surface area contributed by atoms with Gasteiger partial charge >= 0.3 is 6.18 Å². The molecule has 5 rings (SSSR count). The Hall–Kier alpha value is -4.02. The van der Waals surface area contributed by atoms with Crippen LogP contribution in [0.2, 0.25) is 0 Å². The molecule has 0 unspecified atom stereocenters. The molecule has 1 aromatic carbocycles. The van der Waals surface area contributed by atoms with Crippen LogP contribution in [0.1, 0.15) is 60.0 Å². The van der Waals surface area contributed by atoms with Crippen LogP contribution in [0.3, 0.4) is 0 Å². The summed E-state index contributed by atoms with van der Waals surface area (Å²) in [6.07, 6.45) is 5.38. The van der Waals surface area contributed by atoms with E-state index < -0.39 is 17.8 Å². The molecule has 3 aromatic heterocycles. The molecule has 2 N–H and O–H groups in total. The minimum absolute atomic E-state index is 0.291. The Bertz CT molecular complexity index is 1350. The number of pyridine rings is 1. The first kappa shape index (κ1) is 22.8. The van der Waals surface area contributed by atoms with E-state index in [2.05, 4.69) is 35.1 Å². The monoisotopic (exact) mass is 481 g/mol. The first-order valence-electron chi connectivity index (χ1n) is 11.2. The molecule has 1 atom stereocenters. The Balaban J connectivity index is 1.23. The second-order valence-electron chi connectivity index (χ2n) is 8.52. The highest BCUT2D eigenvalue weighted by Gasteiger charge is 2.30. The number of hydrogen-bond donors (Lipinski definition) is 2. The van der Waals surface area contributed by atoms with E-state index in [9.17, 15) is 18.0 Å². The van der Waals surface area contributed by atoms with Crippen LogP contribution in [-0.4, -0.2) is 30.4 Å². The molecule has 0 saturated heterocycles. The largest absolute Gasteiger partial charge is 0.416 e. The molecule has 1 aliphatic rings. The zero-order chi connectivity index (χ0) is 24.6. The van der Waals surface area contributed by atoms with E-state index in [-0.39, 0.29) is 5.91 Å². The van der Waals surface area contributed by atoms with E-state index >= 15 is 0 Å². The van der Waals surface area contributed by atoms with Crippen molar-refractivity contribution >= 4 is 28.4 Å². The number of carbonyl (C=O) groups excluding carboxylic acids is 1. The van der Waals surface area contributed by atoms with Crippen molar-refractivity contribution in [1.82, 2.24) is 29.8 Å². The van der Waals surface area contributed by atoms with E-state index in [4.69, 9.17) is 0 Å². The minimum Gasteiger partial charge on any atom is -0.343 e. The van der Waals surface area contributed by atoms with Gasteiger partial charge < -0.3 is 15.2 Å². The zero-order valence-corrected chi connectivity index (χ0v) is 18.8. The summed E-state index contributed by atoms with van der Waals surface area (Å²) in [7, 11) is 0. The Morgan fingerprint density at radius 1 is 1.06 bits per heavy atom. The number of carbonyl (C=O) groups is 1. The molecule has 1 amide bonds. The highest BCUT2D eigenvalue weighted by molar-refractivity contribution is 5.95. The summed E-state index contributed by atoms with van der Waals surface area (Å²) in [4.78, 5) is 30.0. The van der Waals surface area contributed by atoms with Gasteiger partial charge in [0.25, 0.3) is 5.91 Å². The normalized spacial score (nSPS) is 15.0. The third-order valence-electron chi connectivity index (χ3n) is 6.11. The third-order valence-corrected chi connectivity index (χ3v) is 6.11. The number of alkyl halides is 3. The number of imidazole rings is 1. The second-order valence-corrected chi connectivity index (χ2v) is 8.52. The number of benzene rings is 1. The van der Waals surface area contributed by atoms with Gasteiger partial charge in [-0.05, 0) is 56.5 Å². The highest BCUT2D eigenvalue weighted by Crippen LogP contribution is 2.34. The lowest BCUT2D eigenvalue weighted by Crippen LogP contribution is -2.28. The van der Waals surface area contributed by atoms with Gasteiger partial charge in [-0.15, -0.1) is 0 Å². The van der Waals surface area contributed by atoms with Gasteiger partial charge in [0.05, 0.1) is 47.7 Å². The molecule has 0 spiro atoms. The highest BCUT2D eigenvalue weighted by atomic mass is 19.4. The number of aromatic nitrogens is 5. The van der Waals surface area contributed by atoms with Crippen molar-refractivity contribution in [1.29, 1.82) is 0 Å². The number of halogens is 3. The Morgan fingerprint density at radius 2 is 1.83 bits per heavy atom. The lowest BCUT2D eigenvalue weighted by atomic mass is 9.93. The van der Waals surface area contributed by atoms with E-state index in [1.807, 2.05) is 0 Å². The minimum atomic E-state index is -4.39. The van der Waals surface area contributed by atoms with Crippen molar-refractivity contribution in [3.8, 4) is 0 Å². The predicted octanol–water partition coefficient (Wildman–Crippen LogP) is 5.20. The van der Waals surface area contributed by atoms with Gasteiger partial charge in [-0.3, -0.25) is 9.78 Å². The van der Waals surface area contributed by atoms with Crippen molar-refractivity contribution in [3.05, 3.63) is 72.2 Å². The maximum absolute atomic E-state index is 12.8. The summed E-state index contributed by atoms with van der Waals surface area (Å²) in [6.45, 7) is 1.78. The predicted molar refractivity (Wildman–Crippen MR) is 123 cm³/mol. The number of anilines is 2. The molecule has 11 heteroatoms. The first-order chi connectivity index (χ1) is 16.8. The molecule has 1 fully saturated rings. The van der Waals surface area contributed by atoms with Gasteiger partial charge in [0.1, 0.15) is 17.0 Å². The van der Waals surface area contributed by atoms with Crippen LogP contribution in [0, 0.1) is 0 Å². The molecular formula is C24H22F3N7O. The van der Waals surface area contributed by atoms with Crippen molar-refractivity contribution in [2.75, 3.05) is 5.32 Å². The third kappa shape index (κ3) is 4.79. The Morgan fingerprint density at radius 3 is 2.46 bits per heavy atom. The summed E-state index contributed by atoms with van der Waals surface area (Å²) in [5.74, 6) is 0.0259. The molecule has 180 valence electrons. The van der Waals surface area contributed by atoms with Crippen LogP contribution in [-0.2, 0) is 6.18 Å². The summed E-state index contributed by atoms with van der Waals surface area (Å²) in [5.41, 5.74) is 2.18. The summed E-state index contributed by atoms with van der Waals surface area (Å²) >= 11 is 0. The molecule has 0 aliphatic heterocycles. The molecule has 0 bridgehead atoms. The fourth-order valence-corrected chi connectivity index (χ4v) is 3.87. The van der Waals surface area contributed by atoms with Gasteiger partial charge in [0, 0.05) is 11.7 Å². The summed E-state index contributed by atoms with van der Waals surface area (Å²) < 4.78 is 40.2. The first-order valence-corrected chi connectivity index (χ1v) is 11.2. The number of nitrogens with zero attached hydrogens (tertiary/aromatic N) is 5. The SMILES string of the molecule is C[C@H](NC(=O)c1cc2c(cn1)ncn2C1CCC1)c1cnc(Nc2ccc(C(F)(F)F)cc2)cn1. The number of fused-ring (bicyclic) bond motifs is 1. The standard InChI is InChI=1S/C24H22F3N7O/c1-14(19-10-30-22(12-29-19)33-16-7-5-15(6-8-16)24(25,26)27)32-23(35)18-9-21-20(11-28-18)31-13-34(21)17-3-2-4-17/h5-14,17H,2-4H2,1H3,(H,30,33)(H,32,35)/t14-/m0/s1. The summed E-state index contributed by atoms with van der Waals surface area (Å²) in [6, 6.07) is 6.36. The lowest BCUT2D eigenvalue weighted by Gasteiger charge is -2.27. The molecular weight excluding hydrogens is 459 g/mol. The smallest absolute Gasteiger partial charge is 0.343 e. The maximum Gasteiger partial charge on any atom is 0.416 e. The zero-order valence-electron chi connectivity index (χ0n) is 18.8. The van der Waals surface area contributed by atoms with E-state index in [1.165, 1.54) is 30.9 Å². The molecule has 0 radical (unpaired) electrons. The van der Waals surface area contributed by atoms with Gasteiger partial charge in [-0.25, -0.2) is 15.0 Å². The van der Waals surface area contributed by atoms with Crippen molar-refractivity contribution in [2.45, 2.75) is 44.4 Å². The molecule has 3 heterocycles. The average Bonchev–Trinajstić information content (AvgIpc) is 3.21. The Labute approximate surface area is 198 Å². The van der Waals surface area contributed by atoms with E-state index in [0.29, 0.717) is 28.9 Å². The van der Waals surface area contributed by atoms with Crippen LogP contribution < -0.4 is 10.6 Å². The van der Waals surface area contributed by atoms with Crippen molar-refractivity contribution in [2.24, 2.45) is 0 Å². The second kappa shape index (κ2) is 8.97. The van der Waals surface area contributed by atoms with Crippen LogP contribution in [0.5, 0.6) is 0 Å². The fraction of sp³-hybridized carbons (Fsp3) is 0.292. The maximum atomic E-state index is 12.8. The van der Waals surface area contributed by atoms with Crippen LogP contribution >= 0.6 is 0 Å². The van der Waals surface area contributed by atoms with Crippen LogP contribution in [0.25, 0.3) is 11.0 Å². The van der Waals surface area contributed by atoms with Crippen molar-refractivity contribution < 1.29 is 18.0 Å². The van der Waals surface area contributed by atoms with Gasteiger partial charge in [-0.2, -0.15) is 13.2 Å². The molecule has 1 saturated carbocycles. The van der Waals surface area contributed by atoms with Gasteiger partial charge in [0.15, 0.2) is 0 Å². The number of hydrogen-bond acceptors (Lipinski definition) is 6. The van der Waals surface area contributed by atoms with Crippen LogP contribution in [0.4, 0.5) is 24.7 Å². The quantitative estimate of drug-likeness (QED) is 0.393. The van der Waals surface area contributed by atoms with Crippen LogP contribution in [0.15, 0.2) is 55.2 Å². The van der Waals surface area contributed by atoms with E-state index in [0.717, 1.165) is 36.0 Å². The molecule has 1 aliphatic carbocycles. The number of amides is 1. The molecule has 35 heavy (non-hydrogen) atoms. The topological polar surface area (TPSA) is 97.6 Å². The molecule has 4 aromatic rings. The fourth-order valence-electron chi connectivity index (χ4n) is 3.87. The molecule has 8 nitrogen and oxygen atoms in total. The van der Waals surface area contributed by atoms with Crippen molar-refractivity contribution in [3.63, 3.8) is 0 Å². The lowest BCUT2D eigenvalue weighted by molar-refractivity contribution is -0.137. The number of nitrogens with one attached hydrogen (secondary N) is 2. The summed E-state index contributed by atoms with van der Waals surface area (Å²) in [5, 5.41) is 5.78. The van der Waals surface area contributed by atoms with Gasteiger partial charge in [-0.1, -0.05) is 0 Å². The Kier molecular flexibility index (Phi) is 5.83.